The number of rotatable bonds is 4. The van der Waals surface area contributed by atoms with E-state index < -0.39 is 5.92 Å². The molecule has 4 rings (SSSR count). The summed E-state index contributed by atoms with van der Waals surface area (Å²) in [5.74, 6) is -0.915. The van der Waals surface area contributed by atoms with Crippen molar-refractivity contribution in [3.8, 4) is 0 Å². The number of hydrogen-bond acceptors (Lipinski definition) is 5. The number of hydrogen-bond donors (Lipinski definition) is 1. The van der Waals surface area contributed by atoms with E-state index in [1.807, 2.05) is 30.3 Å². The Hall–Kier alpha value is -0.990. The number of fused-ring (bicyclic) bond motifs is 5. The molecule has 3 N–H and O–H groups in total. The predicted octanol–water partition coefficient (Wildman–Crippen LogP) is -2.90. The summed E-state index contributed by atoms with van der Waals surface area (Å²) in [6.07, 6.45) is 2.26. The molecule has 0 radical (unpaired) electrons. The van der Waals surface area contributed by atoms with Crippen molar-refractivity contribution < 1.29 is 41.8 Å². The first kappa shape index (κ1) is 19.3. The van der Waals surface area contributed by atoms with Gasteiger partial charge in [0.1, 0.15) is 24.2 Å². The van der Waals surface area contributed by atoms with Crippen LogP contribution in [0.2, 0.25) is 0 Å². The van der Waals surface area contributed by atoms with Gasteiger partial charge in [0, 0.05) is 24.9 Å². The van der Waals surface area contributed by atoms with E-state index in [1.54, 1.807) is 0 Å². The predicted molar refractivity (Wildman–Crippen MR) is 83.0 cm³/mol. The highest BCUT2D eigenvalue weighted by atomic mass is 79.9. The number of morpholine rings is 1. The second kappa shape index (κ2) is 7.49. The van der Waals surface area contributed by atoms with Gasteiger partial charge in [-0.05, 0) is 12.6 Å². The Morgan fingerprint density at radius 3 is 2.42 bits per heavy atom. The summed E-state index contributed by atoms with van der Waals surface area (Å²) in [6.45, 7) is -0.226. The number of aliphatic hydroxyl groups excluding tert-OH is 1. The fourth-order valence-electron chi connectivity index (χ4n) is 4.04. The normalized spacial score (nSPS) is 34.3. The largest absolute Gasteiger partial charge is 1.00 e. The van der Waals surface area contributed by atoms with Gasteiger partial charge in [-0.15, -0.1) is 0 Å². The molecule has 0 aliphatic carbocycles. The molecule has 1 aromatic rings. The van der Waals surface area contributed by atoms with Crippen LogP contribution in [-0.4, -0.2) is 65.5 Å². The molecule has 134 valence electrons. The van der Waals surface area contributed by atoms with Crippen molar-refractivity contribution in [2.75, 3.05) is 13.7 Å². The molecule has 5 atom stereocenters. The molecule has 3 heterocycles. The topological polar surface area (TPSA) is 93.8 Å². The molecule has 0 aromatic heterocycles. The average molecular weight is 401 g/mol. The van der Waals surface area contributed by atoms with E-state index >= 15 is 0 Å². The third-order valence-electron chi connectivity index (χ3n) is 5.33. The van der Waals surface area contributed by atoms with Crippen LogP contribution in [0.15, 0.2) is 30.3 Å². The highest BCUT2D eigenvalue weighted by Crippen LogP contribution is 2.48. The zero-order chi connectivity index (χ0) is 15.3. The number of likely N-dealkylation sites (N-methyl/N-ethyl adjacent to an activating group) is 1. The van der Waals surface area contributed by atoms with Crippen molar-refractivity contribution in [1.82, 2.24) is 4.90 Å². The highest BCUT2D eigenvalue weighted by Gasteiger charge is 2.62. The van der Waals surface area contributed by atoms with Gasteiger partial charge < -0.3 is 37.0 Å². The second-order valence-corrected chi connectivity index (χ2v) is 6.54. The molecule has 2 bridgehead atoms. The number of carbonyl (C=O) groups is 1. The number of piperidine rings is 1. The molecular weight excluding hydrogens is 378 g/mol. The molecule has 0 amide bonds. The Labute approximate surface area is 151 Å². The first-order valence-corrected chi connectivity index (χ1v) is 7.92. The molecule has 3 saturated heterocycles. The quantitative estimate of drug-likeness (QED) is 0.432. The lowest BCUT2D eigenvalue weighted by molar-refractivity contribution is -0.156. The molecule has 0 saturated carbocycles. The van der Waals surface area contributed by atoms with Crippen LogP contribution in [0.4, 0.5) is 0 Å². The zero-order valence-corrected chi connectivity index (χ0v) is 15.1. The summed E-state index contributed by atoms with van der Waals surface area (Å²) in [6, 6.07) is 10.1. The van der Waals surface area contributed by atoms with Gasteiger partial charge in [0.25, 0.3) is 0 Å². The van der Waals surface area contributed by atoms with Crippen molar-refractivity contribution in [2.24, 2.45) is 0 Å². The number of epoxide rings is 1. The second-order valence-electron chi connectivity index (χ2n) is 6.54. The van der Waals surface area contributed by atoms with Gasteiger partial charge >= 0.3 is 5.97 Å². The van der Waals surface area contributed by atoms with E-state index in [-0.39, 0.29) is 41.1 Å². The van der Waals surface area contributed by atoms with Crippen LogP contribution in [0, 0.1) is 0 Å². The minimum atomic E-state index is -0.593. The smallest absolute Gasteiger partial charge is 0.316 e. The van der Waals surface area contributed by atoms with E-state index in [9.17, 15) is 9.90 Å². The lowest BCUT2D eigenvalue weighted by Crippen LogP contribution is -3.00. The summed E-state index contributed by atoms with van der Waals surface area (Å²) in [5.41, 5.74) is 0.803. The van der Waals surface area contributed by atoms with Gasteiger partial charge in [0.2, 0.25) is 0 Å². The van der Waals surface area contributed by atoms with Crippen molar-refractivity contribution in [3.63, 3.8) is 0 Å². The lowest BCUT2D eigenvalue weighted by atomic mass is 9.97. The van der Waals surface area contributed by atoms with Crippen molar-refractivity contribution in [1.29, 1.82) is 0 Å². The number of nitrogens with zero attached hydrogens (tertiary/aromatic N) is 1. The number of benzene rings is 1. The van der Waals surface area contributed by atoms with E-state index in [2.05, 4.69) is 11.9 Å². The first-order chi connectivity index (χ1) is 10.7. The van der Waals surface area contributed by atoms with E-state index in [0.717, 1.165) is 18.4 Å². The molecule has 3 aliphatic heterocycles. The van der Waals surface area contributed by atoms with Crippen LogP contribution in [0.3, 0.4) is 0 Å². The van der Waals surface area contributed by atoms with Gasteiger partial charge in [0.05, 0.1) is 6.61 Å². The van der Waals surface area contributed by atoms with Gasteiger partial charge in [-0.1, -0.05) is 30.3 Å². The van der Waals surface area contributed by atoms with Crippen LogP contribution in [0.5, 0.6) is 0 Å². The Bertz CT molecular complexity index is 553. The molecule has 5 unspecified atom stereocenters. The molecule has 3 fully saturated rings. The summed E-state index contributed by atoms with van der Waals surface area (Å²) < 4.78 is 11.4. The number of esters is 1. The molecule has 1 aromatic carbocycles. The summed E-state index contributed by atoms with van der Waals surface area (Å²) in [5, 5.41) is 9.56. The van der Waals surface area contributed by atoms with Gasteiger partial charge in [0.15, 0.2) is 0 Å². The van der Waals surface area contributed by atoms with E-state index in [4.69, 9.17) is 9.47 Å². The summed E-state index contributed by atoms with van der Waals surface area (Å²) >= 11 is 0. The number of ether oxygens (including phenoxy) is 2. The molecule has 3 aliphatic rings. The summed E-state index contributed by atoms with van der Waals surface area (Å²) in [7, 11) is 2.13. The maximum atomic E-state index is 12.4. The van der Waals surface area contributed by atoms with Gasteiger partial charge in [-0.2, -0.15) is 0 Å². The molecule has 7 heteroatoms. The fraction of sp³-hybridized carbons (Fsp3) is 0.588. The lowest BCUT2D eigenvalue weighted by Gasteiger charge is -2.38. The van der Waals surface area contributed by atoms with Gasteiger partial charge in [-0.25, -0.2) is 0 Å². The monoisotopic (exact) mass is 400 g/mol. The van der Waals surface area contributed by atoms with Crippen molar-refractivity contribution in [2.45, 2.75) is 49.2 Å². The minimum absolute atomic E-state index is 0. The standard InChI is InChI=1S/C17H21NO4.BrH.H2O/c1-18-13-7-11(8-14(18)16-15(13)22-16)21-17(20)12(9-19)10-5-3-2-4-6-10;;/h2-6,11-16,19H,7-9H2,1H3;1H;1H2/p-1. The zero-order valence-electron chi connectivity index (χ0n) is 13.5. The minimum Gasteiger partial charge on any atom is -1.00 e. The van der Waals surface area contributed by atoms with Crippen LogP contribution in [0.1, 0.15) is 24.3 Å². The maximum absolute atomic E-state index is 12.4. The Balaban J connectivity index is 0.00000104. The summed E-state index contributed by atoms with van der Waals surface area (Å²) in [4.78, 5) is 14.8. The van der Waals surface area contributed by atoms with Crippen molar-refractivity contribution >= 4 is 5.97 Å². The van der Waals surface area contributed by atoms with Gasteiger partial charge in [-0.3, -0.25) is 9.69 Å². The Kier molecular flexibility index (Phi) is 6.04. The fourth-order valence-corrected chi connectivity index (χ4v) is 4.04. The average Bonchev–Trinajstić information content (AvgIpc) is 3.27. The van der Waals surface area contributed by atoms with Crippen LogP contribution < -0.4 is 17.0 Å². The van der Waals surface area contributed by atoms with Crippen LogP contribution >= 0.6 is 0 Å². The SMILES string of the molecule is CN1C2CC(OC(=O)C(CO)c3ccccc3)CC1C1OC12.O.[Br-]. The third-order valence-corrected chi connectivity index (χ3v) is 5.33. The highest BCUT2D eigenvalue weighted by molar-refractivity contribution is 5.78. The van der Waals surface area contributed by atoms with Crippen LogP contribution in [-0.2, 0) is 14.3 Å². The number of halogens is 1. The molecular formula is C17H23BrNO5-. The maximum Gasteiger partial charge on any atom is 0.316 e. The Morgan fingerprint density at radius 1 is 1.29 bits per heavy atom. The van der Waals surface area contributed by atoms with E-state index in [1.165, 1.54) is 0 Å². The van der Waals surface area contributed by atoms with Crippen molar-refractivity contribution in [3.05, 3.63) is 35.9 Å². The van der Waals surface area contributed by atoms with Crippen LogP contribution in [0.25, 0.3) is 0 Å². The first-order valence-electron chi connectivity index (χ1n) is 7.92. The molecule has 0 spiro atoms. The Morgan fingerprint density at radius 2 is 1.88 bits per heavy atom. The number of aliphatic hydroxyl groups is 1. The third kappa shape index (κ3) is 3.23. The molecule has 24 heavy (non-hydrogen) atoms. The van der Waals surface area contributed by atoms with E-state index in [0.29, 0.717) is 24.3 Å². The number of carbonyl (C=O) groups excluding carboxylic acids is 1. The molecule has 6 nitrogen and oxygen atoms in total.